The predicted molar refractivity (Wildman–Crippen MR) is 108 cm³/mol. The average Bonchev–Trinajstić information content (AvgIpc) is 2.77. The highest BCUT2D eigenvalue weighted by Crippen LogP contribution is 2.24. The number of piperidine rings is 1. The number of nitrogens with zero attached hydrogens (tertiary/aromatic N) is 1. The third-order valence-electron chi connectivity index (χ3n) is 4.84. The quantitative estimate of drug-likeness (QED) is 0.689. The lowest BCUT2D eigenvalue weighted by molar-refractivity contribution is -0.153. The minimum Gasteiger partial charge on any atom is -0.484 e. The minimum atomic E-state index is -4.42. The summed E-state index contributed by atoms with van der Waals surface area (Å²) in [6.45, 7) is -0.441. The monoisotopic (exact) mass is 456 g/mol. The summed E-state index contributed by atoms with van der Waals surface area (Å²) in [6, 6.07) is 11.9. The first-order valence-corrected chi connectivity index (χ1v) is 11.3. The molecule has 0 saturated carbocycles. The van der Waals surface area contributed by atoms with E-state index in [9.17, 15) is 26.4 Å². The fraction of sp³-hybridized carbons (Fsp3) is 0.381. The summed E-state index contributed by atoms with van der Waals surface area (Å²) in [5, 5.41) is 2.66. The molecule has 6 nitrogen and oxygen atoms in total. The van der Waals surface area contributed by atoms with Crippen molar-refractivity contribution in [3.8, 4) is 5.75 Å². The smallest absolute Gasteiger partial charge is 0.422 e. The van der Waals surface area contributed by atoms with Crippen molar-refractivity contribution >= 4 is 15.9 Å². The van der Waals surface area contributed by atoms with Gasteiger partial charge in [0.05, 0.1) is 10.5 Å². The van der Waals surface area contributed by atoms with Crippen molar-refractivity contribution in [1.29, 1.82) is 0 Å². The number of carbonyl (C=O) groups is 1. The summed E-state index contributed by atoms with van der Waals surface area (Å²) in [5.74, 6) is -0.487. The number of ether oxygens (including phenoxy) is 1. The number of carbonyl (C=O) groups excluding carboxylic acids is 1. The first-order chi connectivity index (χ1) is 14.7. The Morgan fingerprint density at radius 3 is 2.29 bits per heavy atom. The lowest BCUT2D eigenvalue weighted by Crippen LogP contribution is -2.37. The van der Waals surface area contributed by atoms with Crippen molar-refractivity contribution in [1.82, 2.24) is 9.62 Å². The molecule has 1 saturated heterocycles. The third-order valence-corrected chi connectivity index (χ3v) is 6.80. The fourth-order valence-corrected chi connectivity index (χ4v) is 4.98. The van der Waals surface area contributed by atoms with Crippen LogP contribution in [0.5, 0.6) is 5.75 Å². The summed E-state index contributed by atoms with van der Waals surface area (Å²) in [5.41, 5.74) is 0.683. The topological polar surface area (TPSA) is 75.7 Å². The molecule has 31 heavy (non-hydrogen) atoms. The fourth-order valence-electron chi connectivity index (χ4n) is 3.27. The van der Waals surface area contributed by atoms with Gasteiger partial charge < -0.3 is 10.1 Å². The molecule has 1 aliphatic heterocycles. The van der Waals surface area contributed by atoms with Gasteiger partial charge in [0.2, 0.25) is 10.0 Å². The van der Waals surface area contributed by atoms with Gasteiger partial charge in [0.1, 0.15) is 5.75 Å². The number of nitrogens with one attached hydrogen (secondary N) is 1. The molecule has 0 atom stereocenters. The highest BCUT2D eigenvalue weighted by atomic mass is 32.2. The molecule has 1 aliphatic rings. The number of sulfonamides is 1. The molecule has 3 rings (SSSR count). The Kier molecular flexibility index (Phi) is 7.22. The summed E-state index contributed by atoms with van der Waals surface area (Å²) >= 11 is 0. The van der Waals surface area contributed by atoms with Gasteiger partial charge >= 0.3 is 6.18 Å². The molecule has 1 N–H and O–H groups in total. The van der Waals surface area contributed by atoms with Crippen molar-refractivity contribution in [2.75, 3.05) is 19.7 Å². The molecule has 1 amide bonds. The molecule has 0 aromatic heterocycles. The van der Waals surface area contributed by atoms with Crippen molar-refractivity contribution in [3.63, 3.8) is 0 Å². The molecule has 0 bridgehead atoms. The van der Waals surface area contributed by atoms with Crippen molar-refractivity contribution < 1.29 is 31.1 Å². The van der Waals surface area contributed by atoms with Crippen LogP contribution < -0.4 is 10.1 Å². The second-order valence-electron chi connectivity index (χ2n) is 7.19. The largest absolute Gasteiger partial charge is 0.484 e. The van der Waals surface area contributed by atoms with E-state index >= 15 is 0 Å². The van der Waals surface area contributed by atoms with Crippen molar-refractivity contribution in [2.45, 2.75) is 36.9 Å². The number of halogens is 3. The maximum absolute atomic E-state index is 13.0. The number of rotatable bonds is 7. The number of hydrogen-bond acceptors (Lipinski definition) is 4. The molecular formula is C21H23F3N2O4S. The van der Waals surface area contributed by atoms with Crippen LogP contribution in [0.25, 0.3) is 0 Å². The second-order valence-corrected chi connectivity index (χ2v) is 9.10. The van der Waals surface area contributed by atoms with E-state index in [4.69, 9.17) is 0 Å². The van der Waals surface area contributed by atoms with E-state index in [2.05, 4.69) is 10.1 Å². The number of hydrogen-bond donors (Lipinski definition) is 1. The molecular weight excluding hydrogens is 433 g/mol. The standard InChI is InChI=1S/C21H23F3N2O4S/c22-21(23,24)15-30-17-10-8-16(9-11-17)14-25-20(27)18-6-2-3-7-19(18)31(28,29)26-12-4-1-5-13-26/h2-3,6-11H,1,4-5,12-15H2,(H,25,27). The van der Waals surface area contributed by atoms with Gasteiger partial charge in [0.15, 0.2) is 6.61 Å². The molecule has 0 spiro atoms. The van der Waals surface area contributed by atoms with Crippen LogP contribution in [-0.2, 0) is 16.6 Å². The average molecular weight is 456 g/mol. The maximum atomic E-state index is 13.0. The predicted octanol–water partition coefficient (Wildman–Crippen LogP) is 3.73. The van der Waals surface area contributed by atoms with E-state index in [0.717, 1.165) is 19.3 Å². The van der Waals surface area contributed by atoms with E-state index in [1.165, 1.54) is 40.7 Å². The van der Waals surface area contributed by atoms with Gasteiger partial charge in [0.25, 0.3) is 5.91 Å². The van der Waals surface area contributed by atoms with Gasteiger partial charge in [-0.25, -0.2) is 8.42 Å². The lowest BCUT2D eigenvalue weighted by atomic mass is 10.2. The normalized spacial score (nSPS) is 15.5. The van der Waals surface area contributed by atoms with Gasteiger partial charge in [0, 0.05) is 19.6 Å². The van der Waals surface area contributed by atoms with E-state index < -0.39 is 28.7 Å². The van der Waals surface area contributed by atoms with Crippen LogP contribution in [0.2, 0.25) is 0 Å². The lowest BCUT2D eigenvalue weighted by Gasteiger charge is -2.26. The van der Waals surface area contributed by atoms with Crippen molar-refractivity contribution in [2.24, 2.45) is 0 Å². The minimum absolute atomic E-state index is 0.0368. The van der Waals surface area contributed by atoms with Gasteiger partial charge in [-0.1, -0.05) is 30.7 Å². The van der Waals surface area contributed by atoms with E-state index in [1.54, 1.807) is 12.1 Å². The SMILES string of the molecule is O=C(NCc1ccc(OCC(F)(F)F)cc1)c1ccccc1S(=O)(=O)N1CCCCC1. The Morgan fingerprint density at radius 2 is 1.65 bits per heavy atom. The molecule has 1 heterocycles. The Labute approximate surface area is 179 Å². The summed E-state index contributed by atoms with van der Waals surface area (Å²) in [6.07, 6.45) is -1.87. The van der Waals surface area contributed by atoms with Crippen LogP contribution in [0.3, 0.4) is 0 Å². The second kappa shape index (κ2) is 9.69. The summed E-state index contributed by atoms with van der Waals surface area (Å²) < 4.78 is 68.7. The highest BCUT2D eigenvalue weighted by Gasteiger charge is 2.30. The molecule has 168 valence electrons. The Bertz CT molecular complexity index is 1000. The molecule has 10 heteroatoms. The maximum Gasteiger partial charge on any atom is 0.422 e. The van der Waals surface area contributed by atoms with Gasteiger partial charge in [-0.2, -0.15) is 17.5 Å². The van der Waals surface area contributed by atoms with E-state index in [1.807, 2.05) is 0 Å². The molecule has 2 aromatic rings. The van der Waals surface area contributed by atoms with Gasteiger partial charge in [-0.05, 0) is 42.7 Å². The zero-order valence-corrected chi connectivity index (χ0v) is 17.5. The Morgan fingerprint density at radius 1 is 1.00 bits per heavy atom. The summed E-state index contributed by atoms with van der Waals surface area (Å²) in [7, 11) is -3.78. The van der Waals surface area contributed by atoms with Crippen LogP contribution >= 0.6 is 0 Å². The number of alkyl halides is 3. The van der Waals surface area contributed by atoms with Gasteiger partial charge in [-0.3, -0.25) is 4.79 Å². The molecule has 2 aromatic carbocycles. The van der Waals surface area contributed by atoms with Crippen LogP contribution in [-0.4, -0.2) is 44.5 Å². The zero-order chi connectivity index (χ0) is 22.5. The van der Waals surface area contributed by atoms with Crippen molar-refractivity contribution in [3.05, 3.63) is 59.7 Å². The van der Waals surface area contributed by atoms with Crippen LogP contribution in [0.4, 0.5) is 13.2 Å². The highest BCUT2D eigenvalue weighted by molar-refractivity contribution is 7.89. The molecule has 1 fully saturated rings. The number of amides is 1. The molecule has 0 radical (unpaired) electrons. The first-order valence-electron chi connectivity index (χ1n) is 9.83. The first kappa shape index (κ1) is 23.1. The molecule has 0 unspecified atom stereocenters. The summed E-state index contributed by atoms with van der Waals surface area (Å²) in [4.78, 5) is 12.7. The van der Waals surface area contributed by atoms with E-state index in [0.29, 0.717) is 18.7 Å². The zero-order valence-electron chi connectivity index (χ0n) is 16.7. The van der Waals surface area contributed by atoms with Crippen LogP contribution in [0.15, 0.2) is 53.4 Å². The Hall–Kier alpha value is -2.59. The molecule has 0 aliphatic carbocycles. The van der Waals surface area contributed by atoms with Crippen LogP contribution in [0, 0.1) is 0 Å². The third kappa shape index (κ3) is 6.20. The number of benzene rings is 2. The Balaban J connectivity index is 1.66. The van der Waals surface area contributed by atoms with Crippen LogP contribution in [0.1, 0.15) is 35.2 Å². The van der Waals surface area contributed by atoms with Gasteiger partial charge in [-0.15, -0.1) is 0 Å². The van der Waals surface area contributed by atoms with E-state index in [-0.39, 0.29) is 22.8 Å².